The van der Waals surface area contributed by atoms with Gasteiger partial charge in [-0.05, 0) is 12.5 Å². The first kappa shape index (κ1) is 17.1. The maximum absolute atomic E-state index is 12.9. The Balaban J connectivity index is 2.27. The van der Waals surface area contributed by atoms with Gasteiger partial charge in [0.2, 0.25) is 0 Å². The van der Waals surface area contributed by atoms with Gasteiger partial charge in [-0.15, -0.1) is 0 Å². The summed E-state index contributed by atoms with van der Waals surface area (Å²) >= 11 is 5.97. The number of aryl methyl sites for hydroxylation is 2. The molecule has 0 unspecified atom stereocenters. The minimum atomic E-state index is -4.56. The number of alkyl halides is 3. The van der Waals surface area contributed by atoms with Crippen LogP contribution in [0, 0.1) is 17.0 Å². The third-order valence-corrected chi connectivity index (χ3v) is 3.41. The maximum atomic E-state index is 12.9. The molecule has 0 radical (unpaired) electrons. The molecule has 1 aromatic heterocycles. The number of non-ortho nitro benzene ring substituents is 1. The minimum Gasteiger partial charge on any atom is -0.379 e. The average molecular weight is 349 g/mol. The van der Waals surface area contributed by atoms with Gasteiger partial charge in [-0.1, -0.05) is 11.6 Å². The number of halogens is 4. The van der Waals surface area contributed by atoms with Gasteiger partial charge in [0.15, 0.2) is 5.69 Å². The molecule has 1 heterocycles. The van der Waals surface area contributed by atoms with E-state index in [2.05, 4.69) is 10.4 Å². The van der Waals surface area contributed by atoms with E-state index in [0.29, 0.717) is 11.3 Å². The minimum absolute atomic E-state index is 0.0474. The number of aromatic nitrogens is 2. The summed E-state index contributed by atoms with van der Waals surface area (Å²) in [5.74, 6) is 0. The molecule has 0 saturated heterocycles. The summed E-state index contributed by atoms with van der Waals surface area (Å²) in [6.45, 7) is 1.41. The first-order valence-corrected chi connectivity index (χ1v) is 6.75. The summed E-state index contributed by atoms with van der Waals surface area (Å²) in [7, 11) is 1.39. The predicted molar refractivity (Wildman–Crippen MR) is 78.4 cm³/mol. The van der Waals surface area contributed by atoms with E-state index >= 15 is 0 Å². The zero-order valence-corrected chi connectivity index (χ0v) is 12.9. The molecule has 23 heavy (non-hydrogen) atoms. The van der Waals surface area contributed by atoms with Gasteiger partial charge < -0.3 is 5.32 Å². The van der Waals surface area contributed by atoms with Crippen molar-refractivity contribution in [3.63, 3.8) is 0 Å². The lowest BCUT2D eigenvalue weighted by Gasteiger charge is -2.12. The van der Waals surface area contributed by atoms with Crippen molar-refractivity contribution in [2.75, 3.05) is 5.32 Å². The van der Waals surface area contributed by atoms with Crippen molar-refractivity contribution >= 4 is 23.0 Å². The lowest BCUT2D eigenvalue weighted by Crippen LogP contribution is -2.12. The number of rotatable bonds is 4. The molecule has 0 aliphatic rings. The Labute approximate surface area is 134 Å². The SMILES string of the molecule is Cc1cc([N+](=O)[O-])cc(Cl)c1NCc1cn(C)nc1C(F)(F)F. The fourth-order valence-corrected chi connectivity index (χ4v) is 2.47. The van der Waals surface area contributed by atoms with Crippen LogP contribution in [-0.2, 0) is 19.8 Å². The second-order valence-corrected chi connectivity index (χ2v) is 5.31. The number of nitrogens with one attached hydrogen (secondary N) is 1. The largest absolute Gasteiger partial charge is 0.435 e. The van der Waals surface area contributed by atoms with Crippen molar-refractivity contribution in [3.05, 3.63) is 50.3 Å². The smallest absolute Gasteiger partial charge is 0.379 e. The third kappa shape index (κ3) is 3.73. The van der Waals surface area contributed by atoms with Gasteiger partial charge in [0.1, 0.15) is 0 Å². The van der Waals surface area contributed by atoms with Gasteiger partial charge in [-0.25, -0.2) is 0 Å². The van der Waals surface area contributed by atoms with Crippen LogP contribution in [0.1, 0.15) is 16.8 Å². The van der Waals surface area contributed by atoms with Crippen LogP contribution in [0.4, 0.5) is 24.5 Å². The molecule has 6 nitrogen and oxygen atoms in total. The fraction of sp³-hybridized carbons (Fsp3) is 0.308. The molecule has 0 bridgehead atoms. The van der Waals surface area contributed by atoms with E-state index in [1.54, 1.807) is 6.92 Å². The summed E-state index contributed by atoms with van der Waals surface area (Å²) in [5, 5.41) is 17.0. The molecule has 2 rings (SSSR count). The van der Waals surface area contributed by atoms with Crippen LogP contribution in [0.15, 0.2) is 18.3 Å². The molecule has 1 aromatic carbocycles. The van der Waals surface area contributed by atoms with Crippen LogP contribution in [0.25, 0.3) is 0 Å². The Morgan fingerprint density at radius 1 is 1.43 bits per heavy atom. The highest BCUT2D eigenvalue weighted by molar-refractivity contribution is 6.33. The zero-order chi connectivity index (χ0) is 17.4. The number of hydrogen-bond donors (Lipinski definition) is 1. The molecule has 0 fully saturated rings. The number of benzene rings is 1. The molecule has 124 valence electrons. The standard InChI is InChI=1S/C13H12ClF3N4O2/c1-7-3-9(21(22)23)4-10(14)11(7)18-5-8-6-20(2)19-12(8)13(15,16)17/h3-4,6,18H,5H2,1-2H3. The quantitative estimate of drug-likeness (QED) is 0.671. The van der Waals surface area contributed by atoms with Crippen LogP contribution >= 0.6 is 11.6 Å². The van der Waals surface area contributed by atoms with Gasteiger partial charge in [-0.3, -0.25) is 14.8 Å². The number of nitro benzene ring substituents is 1. The molecule has 0 aliphatic carbocycles. The molecule has 10 heteroatoms. The highest BCUT2D eigenvalue weighted by Gasteiger charge is 2.36. The second kappa shape index (κ2) is 6.07. The van der Waals surface area contributed by atoms with Crippen molar-refractivity contribution in [1.29, 1.82) is 0 Å². The molecule has 0 atom stereocenters. The second-order valence-electron chi connectivity index (χ2n) is 4.90. The van der Waals surface area contributed by atoms with E-state index in [-0.39, 0.29) is 22.8 Å². The van der Waals surface area contributed by atoms with Gasteiger partial charge in [0.25, 0.3) is 5.69 Å². The fourth-order valence-electron chi connectivity index (χ4n) is 2.14. The van der Waals surface area contributed by atoms with Crippen molar-refractivity contribution in [2.24, 2.45) is 7.05 Å². The Morgan fingerprint density at radius 2 is 2.09 bits per heavy atom. The molecule has 0 amide bonds. The molecular weight excluding hydrogens is 337 g/mol. The number of nitrogens with zero attached hydrogens (tertiary/aromatic N) is 3. The van der Waals surface area contributed by atoms with Crippen molar-refractivity contribution in [3.8, 4) is 0 Å². The summed E-state index contributed by atoms with van der Waals surface area (Å²) in [4.78, 5) is 10.2. The first-order valence-electron chi connectivity index (χ1n) is 6.37. The van der Waals surface area contributed by atoms with Gasteiger partial charge in [0.05, 0.1) is 15.6 Å². The van der Waals surface area contributed by atoms with Crippen LogP contribution in [0.3, 0.4) is 0 Å². The predicted octanol–water partition coefficient (Wildman–Crippen LogP) is 3.92. The highest BCUT2D eigenvalue weighted by atomic mass is 35.5. The average Bonchev–Trinajstić information content (AvgIpc) is 2.78. The normalized spacial score (nSPS) is 11.6. The van der Waals surface area contributed by atoms with Crippen molar-refractivity contribution in [2.45, 2.75) is 19.6 Å². The monoisotopic (exact) mass is 348 g/mol. The lowest BCUT2D eigenvalue weighted by molar-refractivity contribution is -0.384. The molecule has 2 aromatic rings. The van der Waals surface area contributed by atoms with Gasteiger partial charge in [0, 0.05) is 37.5 Å². The van der Waals surface area contributed by atoms with Crippen molar-refractivity contribution in [1.82, 2.24) is 9.78 Å². The van der Waals surface area contributed by atoms with Gasteiger partial charge in [-0.2, -0.15) is 18.3 Å². The van der Waals surface area contributed by atoms with E-state index in [0.717, 1.165) is 10.7 Å². The van der Waals surface area contributed by atoms with Crippen LogP contribution in [-0.4, -0.2) is 14.7 Å². The Kier molecular flexibility index (Phi) is 4.51. The highest BCUT2D eigenvalue weighted by Crippen LogP contribution is 2.33. The Morgan fingerprint density at radius 3 is 2.61 bits per heavy atom. The van der Waals surface area contributed by atoms with Crippen LogP contribution in [0.5, 0.6) is 0 Å². The lowest BCUT2D eigenvalue weighted by atomic mass is 10.1. The molecule has 0 spiro atoms. The van der Waals surface area contributed by atoms with E-state index in [1.165, 1.54) is 19.3 Å². The summed E-state index contributed by atoms with van der Waals surface area (Å²) < 4.78 is 39.7. The molecular formula is C13H12ClF3N4O2. The first-order chi connectivity index (χ1) is 10.6. The van der Waals surface area contributed by atoms with E-state index in [1.807, 2.05) is 0 Å². The van der Waals surface area contributed by atoms with Crippen LogP contribution in [0.2, 0.25) is 5.02 Å². The van der Waals surface area contributed by atoms with E-state index in [9.17, 15) is 23.3 Å². The molecule has 0 saturated carbocycles. The van der Waals surface area contributed by atoms with Gasteiger partial charge >= 0.3 is 6.18 Å². The zero-order valence-electron chi connectivity index (χ0n) is 12.1. The van der Waals surface area contributed by atoms with Crippen LogP contribution < -0.4 is 5.32 Å². The van der Waals surface area contributed by atoms with E-state index in [4.69, 9.17) is 11.6 Å². The summed E-state index contributed by atoms with van der Waals surface area (Å²) in [6, 6.07) is 2.44. The maximum Gasteiger partial charge on any atom is 0.435 e. The number of nitro groups is 1. The van der Waals surface area contributed by atoms with E-state index < -0.39 is 16.8 Å². The number of anilines is 1. The summed E-state index contributed by atoms with van der Waals surface area (Å²) in [5.41, 5.74) is -0.414. The Bertz CT molecular complexity index is 735. The van der Waals surface area contributed by atoms with Crippen molar-refractivity contribution < 1.29 is 18.1 Å². The Hall–Kier alpha value is -2.29. The third-order valence-electron chi connectivity index (χ3n) is 3.11. The number of hydrogen-bond acceptors (Lipinski definition) is 4. The summed E-state index contributed by atoms with van der Waals surface area (Å²) in [6.07, 6.45) is -3.31. The molecule has 0 aliphatic heterocycles. The molecule has 1 N–H and O–H groups in total. The topological polar surface area (TPSA) is 73.0 Å².